The normalized spacial score (nSPS) is 23.1. The number of fused-ring (bicyclic) bond motifs is 1. The van der Waals surface area contributed by atoms with Crippen LogP contribution in [0, 0.1) is 0 Å². The Bertz CT molecular complexity index is 398. The van der Waals surface area contributed by atoms with E-state index in [0.717, 1.165) is 37.2 Å². The molecule has 15 heavy (non-hydrogen) atoms. The lowest BCUT2D eigenvalue weighted by molar-refractivity contribution is 0.0773. The summed E-state index contributed by atoms with van der Waals surface area (Å²) in [5, 5.41) is 0. The van der Waals surface area contributed by atoms with Gasteiger partial charge in [-0.25, -0.2) is 0 Å². The van der Waals surface area contributed by atoms with Gasteiger partial charge in [-0.05, 0) is 18.1 Å². The van der Waals surface area contributed by atoms with Crippen molar-refractivity contribution in [1.29, 1.82) is 0 Å². The molecule has 1 aromatic carbocycles. The molecular weight excluding hydrogens is 190 g/mol. The van der Waals surface area contributed by atoms with Gasteiger partial charge in [0.25, 0.3) is 5.91 Å². The molecule has 0 N–H and O–H groups in total. The van der Waals surface area contributed by atoms with Crippen LogP contribution in [0.2, 0.25) is 0 Å². The topological polar surface area (TPSA) is 32.8 Å². The molecule has 1 fully saturated rings. The highest BCUT2D eigenvalue weighted by Gasteiger charge is 2.29. The van der Waals surface area contributed by atoms with Gasteiger partial charge in [-0.2, -0.15) is 0 Å². The number of ether oxygens (including phenoxy) is 1. The molecule has 1 amide bonds. The Kier molecular flexibility index (Phi) is 1.99. The number of amides is 1. The van der Waals surface area contributed by atoms with Gasteiger partial charge in [-0.3, -0.25) is 4.79 Å². The largest absolute Gasteiger partial charge is 0.373 e. The molecule has 2 heterocycles. The fraction of sp³-hybridized carbons (Fsp3) is 0.417. The first-order chi connectivity index (χ1) is 7.34. The van der Waals surface area contributed by atoms with Gasteiger partial charge in [0.05, 0.1) is 12.7 Å². The molecule has 0 bridgehead atoms. The Hall–Kier alpha value is -1.35. The van der Waals surface area contributed by atoms with E-state index < -0.39 is 0 Å². The van der Waals surface area contributed by atoms with E-state index in [1.807, 2.05) is 29.2 Å². The van der Waals surface area contributed by atoms with Crippen LogP contribution in [0.5, 0.6) is 0 Å². The van der Waals surface area contributed by atoms with E-state index in [-0.39, 0.29) is 5.91 Å². The van der Waals surface area contributed by atoms with Crippen molar-refractivity contribution in [3.63, 3.8) is 0 Å². The summed E-state index contributed by atoms with van der Waals surface area (Å²) in [5.74, 6) is 0.172. The minimum absolute atomic E-state index is 0.172. The van der Waals surface area contributed by atoms with Crippen LogP contribution in [0.15, 0.2) is 24.3 Å². The van der Waals surface area contributed by atoms with Crippen molar-refractivity contribution in [2.75, 3.05) is 13.2 Å². The Balaban J connectivity index is 1.71. The monoisotopic (exact) mass is 203 g/mol. The fourth-order valence-electron chi connectivity index (χ4n) is 2.03. The molecule has 2 aliphatic heterocycles. The Morgan fingerprint density at radius 3 is 2.93 bits per heavy atom. The molecule has 3 heteroatoms. The number of epoxide rings is 1. The molecule has 78 valence electrons. The van der Waals surface area contributed by atoms with Crippen LogP contribution in [0.1, 0.15) is 22.3 Å². The minimum atomic E-state index is 0.172. The Morgan fingerprint density at radius 2 is 2.20 bits per heavy atom. The number of carbonyl (C=O) groups is 1. The number of rotatable bonds is 3. The Morgan fingerprint density at radius 1 is 1.40 bits per heavy atom. The zero-order valence-electron chi connectivity index (χ0n) is 8.48. The van der Waals surface area contributed by atoms with Crippen molar-refractivity contribution in [1.82, 2.24) is 4.90 Å². The second-order valence-electron chi connectivity index (χ2n) is 4.13. The van der Waals surface area contributed by atoms with Gasteiger partial charge in [0, 0.05) is 18.7 Å². The number of nitrogens with zero attached hydrogens (tertiary/aromatic N) is 1. The van der Waals surface area contributed by atoms with Crippen molar-refractivity contribution in [3.8, 4) is 0 Å². The van der Waals surface area contributed by atoms with Gasteiger partial charge in [0.1, 0.15) is 0 Å². The van der Waals surface area contributed by atoms with E-state index in [1.165, 1.54) is 0 Å². The van der Waals surface area contributed by atoms with Crippen molar-refractivity contribution in [3.05, 3.63) is 35.4 Å². The molecule has 1 unspecified atom stereocenters. The van der Waals surface area contributed by atoms with Crippen LogP contribution in [0.3, 0.4) is 0 Å². The quantitative estimate of drug-likeness (QED) is 0.696. The third kappa shape index (κ3) is 1.63. The summed E-state index contributed by atoms with van der Waals surface area (Å²) in [5.41, 5.74) is 2.02. The highest BCUT2D eigenvalue weighted by atomic mass is 16.6. The van der Waals surface area contributed by atoms with Crippen molar-refractivity contribution >= 4 is 5.91 Å². The lowest BCUT2D eigenvalue weighted by Crippen LogP contribution is -2.25. The van der Waals surface area contributed by atoms with Crippen LogP contribution in [0.25, 0.3) is 0 Å². The van der Waals surface area contributed by atoms with Crippen LogP contribution in [-0.2, 0) is 11.3 Å². The summed E-state index contributed by atoms with van der Waals surface area (Å²) in [6.07, 6.45) is 1.38. The third-order valence-corrected chi connectivity index (χ3v) is 3.02. The molecule has 1 saturated heterocycles. The molecule has 0 radical (unpaired) electrons. The minimum Gasteiger partial charge on any atom is -0.373 e. The van der Waals surface area contributed by atoms with E-state index in [2.05, 4.69) is 0 Å². The highest BCUT2D eigenvalue weighted by molar-refractivity contribution is 5.98. The van der Waals surface area contributed by atoms with E-state index in [0.29, 0.717) is 6.10 Å². The van der Waals surface area contributed by atoms with Gasteiger partial charge >= 0.3 is 0 Å². The molecule has 3 nitrogen and oxygen atoms in total. The molecule has 0 aromatic heterocycles. The van der Waals surface area contributed by atoms with Gasteiger partial charge in [0.15, 0.2) is 0 Å². The average Bonchev–Trinajstić information content (AvgIpc) is 3.03. The first-order valence-electron chi connectivity index (χ1n) is 5.33. The van der Waals surface area contributed by atoms with Crippen LogP contribution in [0.4, 0.5) is 0 Å². The molecule has 0 spiro atoms. The SMILES string of the molecule is O=C1c2ccccc2CN1CCC1CO1. The summed E-state index contributed by atoms with van der Waals surface area (Å²) in [7, 11) is 0. The van der Waals surface area contributed by atoms with E-state index in [9.17, 15) is 4.79 Å². The van der Waals surface area contributed by atoms with Gasteiger partial charge in [-0.1, -0.05) is 18.2 Å². The zero-order chi connectivity index (χ0) is 10.3. The Labute approximate surface area is 88.6 Å². The average molecular weight is 203 g/mol. The van der Waals surface area contributed by atoms with Crippen molar-refractivity contribution < 1.29 is 9.53 Å². The summed E-state index contributed by atoms with van der Waals surface area (Å²) < 4.78 is 5.14. The second kappa shape index (κ2) is 3.35. The molecule has 0 aliphatic carbocycles. The molecule has 1 atom stereocenters. The molecule has 0 saturated carbocycles. The number of hydrogen-bond acceptors (Lipinski definition) is 2. The van der Waals surface area contributed by atoms with E-state index in [1.54, 1.807) is 0 Å². The molecule has 3 rings (SSSR count). The maximum Gasteiger partial charge on any atom is 0.254 e. The lowest BCUT2D eigenvalue weighted by Gasteiger charge is -2.14. The second-order valence-corrected chi connectivity index (χ2v) is 4.13. The number of hydrogen-bond donors (Lipinski definition) is 0. The smallest absolute Gasteiger partial charge is 0.254 e. The maximum atomic E-state index is 11.9. The predicted octanol–water partition coefficient (Wildman–Crippen LogP) is 1.43. The molecule has 2 aliphatic rings. The van der Waals surface area contributed by atoms with Crippen LogP contribution < -0.4 is 0 Å². The third-order valence-electron chi connectivity index (χ3n) is 3.02. The van der Waals surface area contributed by atoms with Gasteiger partial charge in [0.2, 0.25) is 0 Å². The summed E-state index contributed by atoms with van der Waals surface area (Å²) >= 11 is 0. The van der Waals surface area contributed by atoms with Crippen molar-refractivity contribution in [2.45, 2.75) is 19.1 Å². The van der Waals surface area contributed by atoms with E-state index in [4.69, 9.17) is 4.74 Å². The molecular formula is C12H13NO2. The highest BCUT2D eigenvalue weighted by Crippen LogP contribution is 2.23. The van der Waals surface area contributed by atoms with Gasteiger partial charge < -0.3 is 9.64 Å². The standard InChI is InChI=1S/C12H13NO2/c14-12-11-4-2-1-3-9(11)7-13(12)6-5-10-8-15-10/h1-4,10H,5-8H2. The number of carbonyl (C=O) groups excluding carboxylic acids is 1. The fourth-order valence-corrected chi connectivity index (χ4v) is 2.03. The first-order valence-corrected chi connectivity index (χ1v) is 5.33. The predicted molar refractivity (Wildman–Crippen MR) is 55.5 cm³/mol. The summed E-state index contributed by atoms with van der Waals surface area (Å²) in [6.45, 7) is 2.45. The first kappa shape index (κ1) is 8.92. The van der Waals surface area contributed by atoms with Crippen LogP contribution >= 0.6 is 0 Å². The maximum absolute atomic E-state index is 11.9. The number of benzene rings is 1. The van der Waals surface area contributed by atoms with E-state index >= 15 is 0 Å². The zero-order valence-corrected chi connectivity index (χ0v) is 8.48. The summed E-state index contributed by atoms with van der Waals surface area (Å²) in [6, 6.07) is 7.84. The van der Waals surface area contributed by atoms with Crippen molar-refractivity contribution in [2.24, 2.45) is 0 Å². The van der Waals surface area contributed by atoms with Crippen LogP contribution in [-0.4, -0.2) is 30.1 Å². The lowest BCUT2D eigenvalue weighted by atomic mass is 10.1. The van der Waals surface area contributed by atoms with Gasteiger partial charge in [-0.15, -0.1) is 0 Å². The summed E-state index contributed by atoms with van der Waals surface area (Å²) in [4.78, 5) is 13.8. The molecule has 1 aromatic rings.